The van der Waals surface area contributed by atoms with Crippen LogP contribution in [0.2, 0.25) is 0 Å². The van der Waals surface area contributed by atoms with Crippen molar-refractivity contribution in [1.29, 1.82) is 0 Å². The number of pyridine rings is 1. The normalized spacial score (nSPS) is 18.1. The molecule has 5 nitrogen and oxygen atoms in total. The topological polar surface area (TPSA) is 70.5 Å². The van der Waals surface area contributed by atoms with Crippen molar-refractivity contribution < 1.29 is 19.1 Å². The highest BCUT2D eigenvalue weighted by atomic mass is 19.1. The molecule has 0 spiro atoms. The predicted octanol–water partition coefficient (Wildman–Crippen LogP) is 4.15. The Morgan fingerprint density at radius 1 is 1.07 bits per heavy atom. The lowest BCUT2D eigenvalue weighted by atomic mass is 9.94. The van der Waals surface area contributed by atoms with Crippen LogP contribution in [0, 0.1) is 12.7 Å². The summed E-state index contributed by atoms with van der Waals surface area (Å²) in [6, 6.07) is 15.4. The van der Waals surface area contributed by atoms with Crippen LogP contribution in [0.3, 0.4) is 0 Å². The number of halogens is 1. The van der Waals surface area contributed by atoms with Gasteiger partial charge in [-0.1, -0.05) is 35.9 Å². The van der Waals surface area contributed by atoms with E-state index in [1.807, 2.05) is 37.3 Å². The number of rotatable bonds is 4. The Morgan fingerprint density at radius 2 is 1.77 bits per heavy atom. The maximum atomic E-state index is 13.3. The second kappa shape index (κ2) is 7.91. The van der Waals surface area contributed by atoms with Crippen molar-refractivity contribution >= 4 is 17.4 Å². The first-order valence-corrected chi connectivity index (χ1v) is 9.45. The van der Waals surface area contributed by atoms with Crippen LogP contribution in [-0.4, -0.2) is 26.7 Å². The van der Waals surface area contributed by atoms with Gasteiger partial charge in [0.05, 0.1) is 11.6 Å². The number of hydrogen-bond acceptors (Lipinski definition) is 4. The van der Waals surface area contributed by atoms with Gasteiger partial charge in [0.15, 0.2) is 0 Å². The van der Waals surface area contributed by atoms with Crippen molar-refractivity contribution in [2.75, 3.05) is 0 Å². The molecular formula is C24H19FN2O3. The average molecular weight is 402 g/mol. The van der Waals surface area contributed by atoms with Crippen molar-refractivity contribution in [3.63, 3.8) is 0 Å². The number of Topliss-reactive ketones (excluding diaryl/α,β-unsaturated/α-hetero) is 1. The molecule has 1 fully saturated rings. The number of aliphatic hydroxyl groups excluding tert-OH is 1. The Balaban J connectivity index is 1.85. The molecule has 3 aromatic rings. The monoisotopic (exact) mass is 402 g/mol. The standard InChI is InChI=1S/C24H19FN2O3/c1-15-4-6-17(7-5-15)21-20(22(28)18-8-10-19(25)11-9-18)23(29)24(30)27(21)14-16-3-2-12-26-13-16/h2-13,21,28H,14H2,1H3/t21-/m1/s1. The molecule has 1 aliphatic rings. The molecule has 4 rings (SSSR count). The lowest BCUT2D eigenvalue weighted by Gasteiger charge is -2.25. The number of carbonyl (C=O) groups excluding carboxylic acids is 2. The highest BCUT2D eigenvalue weighted by molar-refractivity contribution is 6.46. The molecule has 1 aliphatic heterocycles. The molecule has 30 heavy (non-hydrogen) atoms. The van der Waals surface area contributed by atoms with E-state index in [0.29, 0.717) is 5.56 Å². The van der Waals surface area contributed by atoms with Gasteiger partial charge in [-0.05, 0) is 48.4 Å². The molecule has 1 N–H and O–H groups in total. The number of aromatic nitrogens is 1. The smallest absolute Gasteiger partial charge is 0.295 e. The minimum absolute atomic E-state index is 0.0145. The van der Waals surface area contributed by atoms with Crippen molar-refractivity contribution in [2.24, 2.45) is 0 Å². The summed E-state index contributed by atoms with van der Waals surface area (Å²) in [5, 5.41) is 10.9. The largest absolute Gasteiger partial charge is 0.507 e. The molecule has 0 unspecified atom stereocenters. The van der Waals surface area contributed by atoms with Gasteiger partial charge in [0.25, 0.3) is 11.7 Å². The van der Waals surface area contributed by atoms with E-state index in [2.05, 4.69) is 4.98 Å². The van der Waals surface area contributed by atoms with E-state index in [4.69, 9.17) is 0 Å². The third-order valence-electron chi connectivity index (χ3n) is 5.13. The summed E-state index contributed by atoms with van der Waals surface area (Å²) in [5.74, 6) is -2.26. The zero-order chi connectivity index (χ0) is 21.3. The Bertz CT molecular complexity index is 1120. The van der Waals surface area contributed by atoms with Gasteiger partial charge in [-0.15, -0.1) is 0 Å². The first kappa shape index (κ1) is 19.5. The summed E-state index contributed by atoms with van der Waals surface area (Å²) in [6.07, 6.45) is 3.26. The van der Waals surface area contributed by atoms with E-state index in [-0.39, 0.29) is 23.4 Å². The molecule has 1 atom stereocenters. The van der Waals surface area contributed by atoms with E-state index < -0.39 is 23.5 Å². The molecule has 1 saturated heterocycles. The van der Waals surface area contributed by atoms with Gasteiger partial charge in [-0.25, -0.2) is 4.39 Å². The summed E-state index contributed by atoms with van der Waals surface area (Å²) in [4.78, 5) is 31.4. The summed E-state index contributed by atoms with van der Waals surface area (Å²) in [5.41, 5.74) is 2.75. The number of benzene rings is 2. The minimum Gasteiger partial charge on any atom is -0.507 e. The number of aliphatic hydroxyl groups is 1. The Morgan fingerprint density at radius 3 is 2.40 bits per heavy atom. The molecule has 2 heterocycles. The molecule has 0 radical (unpaired) electrons. The Kier molecular flexibility index (Phi) is 5.14. The maximum Gasteiger partial charge on any atom is 0.295 e. The minimum atomic E-state index is -0.772. The first-order valence-electron chi connectivity index (χ1n) is 9.45. The lowest BCUT2D eigenvalue weighted by molar-refractivity contribution is -0.140. The fourth-order valence-electron chi connectivity index (χ4n) is 3.59. The first-order chi connectivity index (χ1) is 14.5. The van der Waals surface area contributed by atoms with Gasteiger partial charge in [-0.2, -0.15) is 0 Å². The van der Waals surface area contributed by atoms with E-state index in [9.17, 15) is 19.1 Å². The molecule has 2 aromatic carbocycles. The summed E-state index contributed by atoms with van der Waals surface area (Å²) in [6.45, 7) is 2.10. The number of nitrogens with zero attached hydrogens (tertiary/aromatic N) is 2. The second-order valence-electron chi connectivity index (χ2n) is 7.21. The van der Waals surface area contributed by atoms with Crippen molar-refractivity contribution in [3.8, 4) is 0 Å². The fraction of sp³-hybridized carbons (Fsp3) is 0.125. The number of amides is 1. The van der Waals surface area contributed by atoms with Crippen LogP contribution in [0.25, 0.3) is 5.76 Å². The highest BCUT2D eigenvalue weighted by Crippen LogP contribution is 2.40. The van der Waals surface area contributed by atoms with Gasteiger partial charge in [-0.3, -0.25) is 14.6 Å². The molecule has 0 bridgehead atoms. The summed E-state index contributed by atoms with van der Waals surface area (Å²) >= 11 is 0. The van der Waals surface area contributed by atoms with E-state index in [1.54, 1.807) is 18.5 Å². The zero-order valence-corrected chi connectivity index (χ0v) is 16.2. The SMILES string of the molecule is Cc1ccc([C@@H]2C(=C(O)c3ccc(F)cc3)C(=O)C(=O)N2Cc2cccnc2)cc1. The number of ketones is 1. The van der Waals surface area contributed by atoms with Crippen LogP contribution < -0.4 is 0 Å². The lowest BCUT2D eigenvalue weighted by Crippen LogP contribution is -2.29. The van der Waals surface area contributed by atoms with E-state index in [1.165, 1.54) is 29.2 Å². The van der Waals surface area contributed by atoms with Crippen LogP contribution in [0.1, 0.15) is 28.3 Å². The molecule has 1 aromatic heterocycles. The van der Waals surface area contributed by atoms with Gasteiger partial charge in [0.1, 0.15) is 11.6 Å². The third kappa shape index (κ3) is 3.59. The zero-order valence-electron chi connectivity index (χ0n) is 16.2. The number of hydrogen-bond donors (Lipinski definition) is 1. The van der Waals surface area contributed by atoms with Crippen molar-refractivity contribution in [3.05, 3.63) is 107 Å². The highest BCUT2D eigenvalue weighted by Gasteiger charge is 2.46. The predicted molar refractivity (Wildman–Crippen MR) is 110 cm³/mol. The number of aryl methyl sites for hydroxylation is 1. The molecular weight excluding hydrogens is 383 g/mol. The Labute approximate surface area is 173 Å². The summed E-state index contributed by atoms with van der Waals surface area (Å²) < 4.78 is 13.3. The van der Waals surface area contributed by atoms with Gasteiger partial charge >= 0.3 is 0 Å². The van der Waals surface area contributed by atoms with Gasteiger partial charge in [0.2, 0.25) is 0 Å². The van der Waals surface area contributed by atoms with Gasteiger partial charge in [0, 0.05) is 24.5 Å². The fourth-order valence-corrected chi connectivity index (χ4v) is 3.59. The van der Waals surface area contributed by atoms with Crippen LogP contribution >= 0.6 is 0 Å². The van der Waals surface area contributed by atoms with Crippen LogP contribution in [0.5, 0.6) is 0 Å². The molecule has 1 amide bonds. The van der Waals surface area contributed by atoms with Crippen molar-refractivity contribution in [2.45, 2.75) is 19.5 Å². The summed E-state index contributed by atoms with van der Waals surface area (Å²) in [7, 11) is 0. The van der Waals surface area contributed by atoms with Crippen LogP contribution in [-0.2, 0) is 16.1 Å². The third-order valence-corrected chi connectivity index (χ3v) is 5.13. The van der Waals surface area contributed by atoms with Crippen molar-refractivity contribution in [1.82, 2.24) is 9.88 Å². The molecule has 6 heteroatoms. The Hall–Kier alpha value is -3.80. The van der Waals surface area contributed by atoms with Gasteiger partial charge < -0.3 is 10.0 Å². The number of likely N-dealkylation sites (tertiary alicyclic amines) is 1. The van der Waals surface area contributed by atoms with Crippen LogP contribution in [0.4, 0.5) is 4.39 Å². The maximum absolute atomic E-state index is 13.3. The molecule has 150 valence electrons. The van der Waals surface area contributed by atoms with E-state index in [0.717, 1.165) is 11.1 Å². The quantitative estimate of drug-likeness (QED) is 0.404. The molecule has 0 aliphatic carbocycles. The second-order valence-corrected chi connectivity index (χ2v) is 7.21. The number of carbonyl (C=O) groups is 2. The van der Waals surface area contributed by atoms with E-state index >= 15 is 0 Å². The molecule has 0 saturated carbocycles. The average Bonchev–Trinajstić information content (AvgIpc) is 3.00. The van der Waals surface area contributed by atoms with Crippen LogP contribution in [0.15, 0.2) is 78.6 Å².